The molecule has 1 aliphatic rings. The Balaban J connectivity index is 1.71. The highest BCUT2D eigenvalue weighted by Crippen LogP contribution is 2.66. The summed E-state index contributed by atoms with van der Waals surface area (Å²) < 4.78 is 41.8. The van der Waals surface area contributed by atoms with Gasteiger partial charge in [0, 0.05) is 47.9 Å². The fourth-order valence-electron chi connectivity index (χ4n) is 4.23. The van der Waals surface area contributed by atoms with Gasteiger partial charge in [-0.2, -0.15) is 13.2 Å². The van der Waals surface area contributed by atoms with Crippen molar-refractivity contribution in [3.8, 4) is 0 Å². The van der Waals surface area contributed by atoms with Crippen LogP contribution in [0, 0.1) is 12.3 Å². The van der Waals surface area contributed by atoms with Gasteiger partial charge in [0.05, 0.1) is 5.41 Å². The molecule has 7 nitrogen and oxygen atoms in total. The van der Waals surface area contributed by atoms with E-state index in [9.17, 15) is 22.8 Å². The molecule has 35 heavy (non-hydrogen) atoms. The minimum absolute atomic E-state index is 0.0254. The first-order valence-electron chi connectivity index (χ1n) is 11.2. The monoisotopic (exact) mass is 511 g/mol. The topological polar surface area (TPSA) is 101 Å². The number of carbonyl (C=O) groups is 2. The zero-order valence-electron chi connectivity index (χ0n) is 19.8. The van der Waals surface area contributed by atoms with Gasteiger partial charge in [0.25, 0.3) is 0 Å². The molecule has 1 fully saturated rings. The standard InChI is InChI=1S/C24H29ClF3N5O2/c1-14-30-11-17(12-31-14)19(23(6-7-23)24(26,27)28)10-21(34)32-13-18(33(2)3)8-15-4-5-16(22(29)35)9-20(15)25/h4-5,9,11-12,18-19H,6-8,10,13H2,1-3H3,(H2,29,35)(H,32,34). The highest BCUT2D eigenvalue weighted by molar-refractivity contribution is 6.31. The van der Waals surface area contributed by atoms with E-state index in [0.717, 1.165) is 5.56 Å². The second-order valence-electron chi connectivity index (χ2n) is 9.27. The second kappa shape index (κ2) is 10.5. The molecule has 190 valence electrons. The van der Waals surface area contributed by atoms with Crippen LogP contribution in [0.25, 0.3) is 0 Å². The minimum Gasteiger partial charge on any atom is -0.366 e. The molecular formula is C24H29ClF3N5O2. The molecule has 2 atom stereocenters. The summed E-state index contributed by atoms with van der Waals surface area (Å²) in [5.74, 6) is -1.68. The maximum absolute atomic E-state index is 13.9. The van der Waals surface area contributed by atoms with Crippen molar-refractivity contribution < 1.29 is 22.8 Å². The average Bonchev–Trinajstić information content (AvgIpc) is 3.58. The first-order valence-corrected chi connectivity index (χ1v) is 11.6. The summed E-state index contributed by atoms with van der Waals surface area (Å²) in [5.41, 5.74) is 4.71. The van der Waals surface area contributed by atoms with E-state index >= 15 is 0 Å². The highest BCUT2D eigenvalue weighted by atomic mass is 35.5. The van der Waals surface area contributed by atoms with E-state index in [-0.39, 0.29) is 31.8 Å². The van der Waals surface area contributed by atoms with Gasteiger partial charge in [0.15, 0.2) is 0 Å². The van der Waals surface area contributed by atoms with E-state index < -0.39 is 29.3 Å². The number of likely N-dealkylation sites (N-methyl/N-ethyl adjacent to an activating group) is 1. The number of nitrogens with one attached hydrogen (secondary N) is 1. The van der Waals surface area contributed by atoms with Gasteiger partial charge in [-0.05, 0) is 63.5 Å². The Hall–Kier alpha value is -2.72. The predicted molar refractivity (Wildman–Crippen MR) is 126 cm³/mol. The molecule has 0 aliphatic heterocycles. The molecular weight excluding hydrogens is 483 g/mol. The van der Waals surface area contributed by atoms with Crippen molar-refractivity contribution in [3.05, 3.63) is 58.1 Å². The molecule has 0 saturated heterocycles. The second-order valence-corrected chi connectivity index (χ2v) is 9.68. The lowest BCUT2D eigenvalue weighted by Crippen LogP contribution is -2.42. The SMILES string of the molecule is Cc1ncc(C(CC(=O)NCC(Cc2ccc(C(N)=O)cc2Cl)N(C)C)C2(C(F)(F)F)CC2)cn1. The van der Waals surface area contributed by atoms with Crippen LogP contribution < -0.4 is 11.1 Å². The molecule has 2 aromatic rings. The van der Waals surface area contributed by atoms with E-state index in [1.54, 1.807) is 19.1 Å². The van der Waals surface area contributed by atoms with Crippen LogP contribution in [0.5, 0.6) is 0 Å². The van der Waals surface area contributed by atoms with Crippen molar-refractivity contribution in [3.63, 3.8) is 0 Å². The number of carbonyl (C=O) groups excluding carboxylic acids is 2. The van der Waals surface area contributed by atoms with Gasteiger partial charge >= 0.3 is 6.18 Å². The van der Waals surface area contributed by atoms with Gasteiger partial charge in [0.1, 0.15) is 5.82 Å². The van der Waals surface area contributed by atoms with Crippen LogP contribution in [0.4, 0.5) is 13.2 Å². The maximum atomic E-state index is 13.9. The summed E-state index contributed by atoms with van der Waals surface area (Å²) in [6, 6.07) is 4.59. The zero-order chi connectivity index (χ0) is 26.0. The number of hydrogen-bond acceptors (Lipinski definition) is 5. The van der Waals surface area contributed by atoms with Gasteiger partial charge < -0.3 is 16.0 Å². The third-order valence-electron chi connectivity index (χ3n) is 6.67. The third-order valence-corrected chi connectivity index (χ3v) is 7.02. The number of nitrogens with zero attached hydrogens (tertiary/aromatic N) is 3. The molecule has 1 aliphatic carbocycles. The Morgan fingerprint density at radius 1 is 1.23 bits per heavy atom. The van der Waals surface area contributed by atoms with Crippen LogP contribution in [0.3, 0.4) is 0 Å². The normalized spacial score (nSPS) is 16.6. The van der Waals surface area contributed by atoms with Crippen LogP contribution in [-0.2, 0) is 11.2 Å². The van der Waals surface area contributed by atoms with Crippen molar-refractivity contribution >= 4 is 23.4 Å². The van der Waals surface area contributed by atoms with Gasteiger partial charge in [-0.25, -0.2) is 9.97 Å². The largest absolute Gasteiger partial charge is 0.395 e. The summed E-state index contributed by atoms with van der Waals surface area (Å²) in [7, 11) is 3.66. The fraction of sp³-hybridized carbons (Fsp3) is 0.500. The van der Waals surface area contributed by atoms with Crippen molar-refractivity contribution in [1.82, 2.24) is 20.2 Å². The number of benzene rings is 1. The first-order chi connectivity index (χ1) is 16.3. The first kappa shape index (κ1) is 26.9. The summed E-state index contributed by atoms with van der Waals surface area (Å²) in [6.45, 7) is 1.85. The highest BCUT2D eigenvalue weighted by Gasteiger charge is 2.67. The van der Waals surface area contributed by atoms with Gasteiger partial charge in [-0.15, -0.1) is 0 Å². The lowest BCUT2D eigenvalue weighted by Gasteiger charge is -2.30. The number of aryl methyl sites for hydroxylation is 1. The lowest BCUT2D eigenvalue weighted by molar-refractivity contribution is -0.194. The number of nitrogens with two attached hydrogens (primary N) is 1. The van der Waals surface area contributed by atoms with Crippen LogP contribution >= 0.6 is 11.6 Å². The van der Waals surface area contributed by atoms with Crippen molar-refractivity contribution in [1.29, 1.82) is 0 Å². The molecule has 0 bridgehead atoms. The Labute approximate surface area is 207 Å². The van der Waals surface area contributed by atoms with Crippen molar-refractivity contribution in [2.24, 2.45) is 11.1 Å². The zero-order valence-corrected chi connectivity index (χ0v) is 20.6. The minimum atomic E-state index is -4.43. The van der Waals surface area contributed by atoms with E-state index in [1.165, 1.54) is 18.5 Å². The van der Waals surface area contributed by atoms with Crippen molar-refractivity contribution in [2.75, 3.05) is 20.6 Å². The van der Waals surface area contributed by atoms with Crippen LogP contribution in [-0.4, -0.2) is 59.5 Å². The van der Waals surface area contributed by atoms with Gasteiger partial charge in [-0.3, -0.25) is 9.59 Å². The number of rotatable bonds is 10. The molecule has 0 radical (unpaired) electrons. The van der Waals surface area contributed by atoms with E-state index in [1.807, 2.05) is 19.0 Å². The average molecular weight is 512 g/mol. The molecule has 3 rings (SSSR count). The number of aromatic nitrogens is 2. The van der Waals surface area contributed by atoms with E-state index in [4.69, 9.17) is 17.3 Å². The summed E-state index contributed by atoms with van der Waals surface area (Å²) in [4.78, 5) is 34.2. The molecule has 1 heterocycles. The Morgan fingerprint density at radius 2 is 1.86 bits per heavy atom. The predicted octanol–water partition coefficient (Wildman–Crippen LogP) is 3.64. The Morgan fingerprint density at radius 3 is 2.34 bits per heavy atom. The molecule has 2 amide bonds. The lowest BCUT2D eigenvalue weighted by atomic mass is 9.81. The van der Waals surface area contributed by atoms with E-state index in [0.29, 0.717) is 28.4 Å². The quantitative estimate of drug-likeness (QED) is 0.507. The Kier molecular flexibility index (Phi) is 8.06. The molecule has 3 N–H and O–H groups in total. The summed E-state index contributed by atoms with van der Waals surface area (Å²) >= 11 is 6.30. The van der Waals surface area contributed by atoms with E-state index in [2.05, 4.69) is 15.3 Å². The van der Waals surface area contributed by atoms with Crippen LogP contribution in [0.1, 0.15) is 52.5 Å². The fourth-order valence-corrected chi connectivity index (χ4v) is 4.48. The number of primary amides is 1. The smallest absolute Gasteiger partial charge is 0.366 e. The summed E-state index contributed by atoms with van der Waals surface area (Å²) in [5, 5.41) is 3.17. The third kappa shape index (κ3) is 6.29. The number of alkyl halides is 3. The number of hydrogen-bond donors (Lipinski definition) is 2. The van der Waals surface area contributed by atoms with Crippen LogP contribution in [0.2, 0.25) is 5.02 Å². The number of amides is 2. The van der Waals surface area contributed by atoms with Crippen molar-refractivity contribution in [2.45, 2.75) is 50.7 Å². The molecule has 0 spiro atoms. The Bertz CT molecular complexity index is 1070. The van der Waals surface area contributed by atoms with Gasteiger partial charge in [-0.1, -0.05) is 17.7 Å². The molecule has 1 aromatic carbocycles. The summed E-state index contributed by atoms with van der Waals surface area (Å²) in [6.07, 6.45) is -1.58. The maximum Gasteiger partial charge on any atom is 0.395 e. The van der Waals surface area contributed by atoms with Crippen LogP contribution in [0.15, 0.2) is 30.6 Å². The van der Waals surface area contributed by atoms with Gasteiger partial charge in [0.2, 0.25) is 11.8 Å². The molecule has 2 unspecified atom stereocenters. The molecule has 11 heteroatoms. The molecule has 1 aromatic heterocycles. The molecule has 1 saturated carbocycles. The number of halogens is 4.